The number of carbonyl (C=O) groups is 1. The summed E-state index contributed by atoms with van der Waals surface area (Å²) < 4.78 is 16.4. The normalized spacial score (nSPS) is 12.1. The number of benzene rings is 1. The molecular formula is C11H14O4S. The van der Waals surface area contributed by atoms with Gasteiger partial charge in [-0.3, -0.25) is 4.21 Å². The molecule has 0 heterocycles. The number of aromatic carboxylic acids is 1. The Kier molecular flexibility index (Phi) is 4.98. The van der Waals surface area contributed by atoms with Crippen LogP contribution in [0.3, 0.4) is 0 Å². The Bertz CT molecular complexity index is 389. The predicted molar refractivity (Wildman–Crippen MR) is 62.4 cm³/mol. The van der Waals surface area contributed by atoms with Crippen molar-refractivity contribution < 1.29 is 18.8 Å². The third-order valence-electron chi connectivity index (χ3n) is 2.01. The van der Waals surface area contributed by atoms with E-state index >= 15 is 0 Å². The predicted octanol–water partition coefficient (Wildman–Crippen LogP) is 1.53. The number of para-hydroxylation sites is 1. The highest BCUT2D eigenvalue weighted by atomic mass is 32.2. The van der Waals surface area contributed by atoms with Crippen molar-refractivity contribution >= 4 is 16.8 Å². The summed E-state index contributed by atoms with van der Waals surface area (Å²) in [7, 11) is -0.890. The van der Waals surface area contributed by atoms with E-state index in [1.165, 1.54) is 6.07 Å². The van der Waals surface area contributed by atoms with Crippen molar-refractivity contribution in [1.29, 1.82) is 0 Å². The van der Waals surface area contributed by atoms with Gasteiger partial charge in [0, 0.05) is 16.6 Å². The van der Waals surface area contributed by atoms with E-state index in [1.54, 1.807) is 18.2 Å². The van der Waals surface area contributed by atoms with Gasteiger partial charge in [0.05, 0.1) is 12.4 Å². The Morgan fingerprint density at radius 2 is 2.12 bits per heavy atom. The zero-order valence-electron chi connectivity index (χ0n) is 9.01. The monoisotopic (exact) mass is 242 g/mol. The number of rotatable bonds is 6. The molecule has 0 aliphatic carbocycles. The first kappa shape index (κ1) is 12.7. The molecule has 1 aromatic rings. The van der Waals surface area contributed by atoms with E-state index in [2.05, 4.69) is 0 Å². The minimum Gasteiger partial charge on any atom is -0.492 e. The van der Waals surface area contributed by atoms with E-state index in [1.807, 2.05) is 6.92 Å². The third-order valence-corrected chi connectivity index (χ3v) is 3.27. The molecule has 0 fully saturated rings. The Balaban J connectivity index is 2.60. The molecule has 0 bridgehead atoms. The second-order valence-corrected chi connectivity index (χ2v) is 4.95. The number of carboxylic acids is 1. The molecule has 1 atom stereocenters. The summed E-state index contributed by atoms with van der Waals surface area (Å²) >= 11 is 0. The highest BCUT2D eigenvalue weighted by molar-refractivity contribution is 7.84. The second kappa shape index (κ2) is 6.27. The van der Waals surface area contributed by atoms with E-state index in [9.17, 15) is 9.00 Å². The Morgan fingerprint density at radius 1 is 1.44 bits per heavy atom. The van der Waals surface area contributed by atoms with Gasteiger partial charge in [-0.2, -0.15) is 0 Å². The van der Waals surface area contributed by atoms with E-state index in [0.717, 1.165) is 0 Å². The van der Waals surface area contributed by atoms with Gasteiger partial charge >= 0.3 is 5.97 Å². The van der Waals surface area contributed by atoms with Crippen molar-refractivity contribution in [2.24, 2.45) is 0 Å². The maximum atomic E-state index is 11.1. The molecule has 1 rings (SSSR count). The SMILES string of the molecule is CCS(=O)CCOc1ccccc1C(=O)O. The molecule has 0 aromatic heterocycles. The third kappa shape index (κ3) is 3.66. The second-order valence-electron chi connectivity index (χ2n) is 3.08. The molecule has 0 spiro atoms. The quantitative estimate of drug-likeness (QED) is 0.821. The molecule has 1 unspecified atom stereocenters. The fraction of sp³-hybridized carbons (Fsp3) is 0.364. The fourth-order valence-electron chi connectivity index (χ4n) is 1.16. The molecule has 88 valence electrons. The summed E-state index contributed by atoms with van der Waals surface area (Å²) in [5.74, 6) is 0.310. The van der Waals surface area contributed by atoms with Crippen LogP contribution in [0.5, 0.6) is 5.75 Å². The van der Waals surface area contributed by atoms with E-state index < -0.39 is 16.8 Å². The maximum Gasteiger partial charge on any atom is 0.339 e. The molecule has 0 radical (unpaired) electrons. The summed E-state index contributed by atoms with van der Waals surface area (Å²) in [6, 6.07) is 6.42. The highest BCUT2D eigenvalue weighted by Gasteiger charge is 2.09. The summed E-state index contributed by atoms with van der Waals surface area (Å²) in [5.41, 5.74) is 0.129. The maximum absolute atomic E-state index is 11.1. The molecule has 0 aliphatic heterocycles. The lowest BCUT2D eigenvalue weighted by Gasteiger charge is -2.08. The first-order valence-corrected chi connectivity index (χ1v) is 6.44. The number of hydrogen-bond donors (Lipinski definition) is 1. The summed E-state index contributed by atoms with van der Waals surface area (Å²) in [6.07, 6.45) is 0. The summed E-state index contributed by atoms with van der Waals surface area (Å²) in [6.45, 7) is 2.10. The lowest BCUT2D eigenvalue weighted by molar-refractivity contribution is 0.0692. The van der Waals surface area contributed by atoms with E-state index in [-0.39, 0.29) is 12.2 Å². The van der Waals surface area contributed by atoms with Gasteiger partial charge in [-0.25, -0.2) is 4.79 Å². The van der Waals surface area contributed by atoms with Crippen LogP contribution in [0.25, 0.3) is 0 Å². The molecule has 0 aliphatic rings. The van der Waals surface area contributed by atoms with Crippen molar-refractivity contribution in [2.75, 3.05) is 18.1 Å². The first-order valence-electron chi connectivity index (χ1n) is 4.95. The first-order chi connectivity index (χ1) is 7.65. The van der Waals surface area contributed by atoms with Crippen LogP contribution in [0.15, 0.2) is 24.3 Å². The highest BCUT2D eigenvalue weighted by Crippen LogP contribution is 2.17. The molecule has 16 heavy (non-hydrogen) atoms. The van der Waals surface area contributed by atoms with Crippen LogP contribution >= 0.6 is 0 Å². The van der Waals surface area contributed by atoms with Gasteiger partial charge in [0.2, 0.25) is 0 Å². The largest absolute Gasteiger partial charge is 0.492 e. The fourth-order valence-corrected chi connectivity index (χ4v) is 1.72. The van der Waals surface area contributed by atoms with Crippen LogP contribution < -0.4 is 4.74 Å². The van der Waals surface area contributed by atoms with Crippen LogP contribution in [-0.2, 0) is 10.8 Å². The molecular weight excluding hydrogens is 228 g/mol. The molecule has 0 amide bonds. The van der Waals surface area contributed by atoms with Crippen molar-refractivity contribution in [3.8, 4) is 5.75 Å². The average molecular weight is 242 g/mol. The van der Waals surface area contributed by atoms with Crippen molar-refractivity contribution in [3.63, 3.8) is 0 Å². The Morgan fingerprint density at radius 3 is 2.75 bits per heavy atom. The number of carboxylic acid groups (broad SMARTS) is 1. The Labute approximate surface area is 96.7 Å². The molecule has 1 N–H and O–H groups in total. The van der Waals surface area contributed by atoms with Crippen LogP contribution in [0, 0.1) is 0 Å². The minimum absolute atomic E-state index is 0.129. The van der Waals surface area contributed by atoms with Gasteiger partial charge in [0.1, 0.15) is 11.3 Å². The lowest BCUT2D eigenvalue weighted by atomic mass is 10.2. The molecule has 0 saturated carbocycles. The van der Waals surface area contributed by atoms with Gasteiger partial charge in [-0.15, -0.1) is 0 Å². The number of ether oxygens (including phenoxy) is 1. The summed E-state index contributed by atoms with van der Waals surface area (Å²) in [5, 5.41) is 8.88. The molecule has 0 saturated heterocycles. The van der Waals surface area contributed by atoms with Gasteiger partial charge in [-0.05, 0) is 12.1 Å². The van der Waals surface area contributed by atoms with Crippen LogP contribution in [0.1, 0.15) is 17.3 Å². The minimum atomic E-state index is -1.02. The van der Waals surface area contributed by atoms with Gasteiger partial charge in [-0.1, -0.05) is 19.1 Å². The Hall–Kier alpha value is -1.36. The van der Waals surface area contributed by atoms with Gasteiger partial charge in [0.15, 0.2) is 0 Å². The lowest BCUT2D eigenvalue weighted by Crippen LogP contribution is -2.11. The molecule has 5 heteroatoms. The van der Waals surface area contributed by atoms with Crippen molar-refractivity contribution in [1.82, 2.24) is 0 Å². The molecule has 4 nitrogen and oxygen atoms in total. The van der Waals surface area contributed by atoms with Gasteiger partial charge < -0.3 is 9.84 Å². The summed E-state index contributed by atoms with van der Waals surface area (Å²) in [4.78, 5) is 10.8. The smallest absolute Gasteiger partial charge is 0.339 e. The molecule has 1 aromatic carbocycles. The van der Waals surface area contributed by atoms with E-state index in [4.69, 9.17) is 9.84 Å². The number of hydrogen-bond acceptors (Lipinski definition) is 3. The zero-order chi connectivity index (χ0) is 12.0. The van der Waals surface area contributed by atoms with Gasteiger partial charge in [0.25, 0.3) is 0 Å². The zero-order valence-corrected chi connectivity index (χ0v) is 9.83. The standard InChI is InChI=1S/C11H14O4S/c1-2-16(14)8-7-15-10-6-4-3-5-9(10)11(12)13/h3-6H,2,7-8H2,1H3,(H,12,13). The van der Waals surface area contributed by atoms with Crippen LogP contribution in [-0.4, -0.2) is 33.4 Å². The van der Waals surface area contributed by atoms with Crippen LogP contribution in [0.2, 0.25) is 0 Å². The topological polar surface area (TPSA) is 63.6 Å². The van der Waals surface area contributed by atoms with Crippen molar-refractivity contribution in [3.05, 3.63) is 29.8 Å². The van der Waals surface area contributed by atoms with Crippen LogP contribution in [0.4, 0.5) is 0 Å². The van der Waals surface area contributed by atoms with Crippen molar-refractivity contribution in [2.45, 2.75) is 6.92 Å². The average Bonchev–Trinajstić information content (AvgIpc) is 2.29. The van der Waals surface area contributed by atoms with E-state index in [0.29, 0.717) is 17.3 Å².